The number of hydrogen-bond acceptors (Lipinski definition) is 4. The third-order valence-corrected chi connectivity index (χ3v) is 6.04. The minimum Gasteiger partial charge on any atom is -0.370 e. The molecule has 5 nitrogen and oxygen atoms in total. The monoisotopic (exact) mass is 394 g/mol. The van der Waals surface area contributed by atoms with Gasteiger partial charge < -0.3 is 10.2 Å². The van der Waals surface area contributed by atoms with E-state index in [1.165, 1.54) is 18.2 Å². The lowest BCUT2D eigenvalue weighted by Gasteiger charge is -2.34. The summed E-state index contributed by atoms with van der Waals surface area (Å²) < 4.78 is 49.8. The van der Waals surface area contributed by atoms with E-state index in [2.05, 4.69) is 5.32 Å². The van der Waals surface area contributed by atoms with Crippen molar-refractivity contribution >= 4 is 21.4 Å². The van der Waals surface area contributed by atoms with Crippen LogP contribution in [0.5, 0.6) is 0 Å². The molecule has 0 radical (unpaired) electrons. The van der Waals surface area contributed by atoms with Crippen molar-refractivity contribution in [2.45, 2.75) is 29.5 Å². The first-order valence-electron chi connectivity index (χ1n) is 8.61. The number of nitrogens with one attached hydrogen (secondary N) is 1. The van der Waals surface area contributed by atoms with Crippen molar-refractivity contribution < 1.29 is 22.0 Å². The molecule has 0 atom stereocenters. The highest BCUT2D eigenvalue weighted by molar-refractivity contribution is 7.91. The zero-order valence-corrected chi connectivity index (χ0v) is 15.3. The molecule has 144 valence electrons. The second-order valence-electron chi connectivity index (χ2n) is 6.37. The summed E-state index contributed by atoms with van der Waals surface area (Å²) in [5, 5.41) is 2.97. The maximum absolute atomic E-state index is 13.0. The van der Waals surface area contributed by atoms with Crippen molar-refractivity contribution in [3.63, 3.8) is 0 Å². The quantitative estimate of drug-likeness (QED) is 0.846. The summed E-state index contributed by atoms with van der Waals surface area (Å²) >= 11 is 0. The maximum atomic E-state index is 13.0. The molecule has 2 aromatic rings. The Hall–Kier alpha value is -2.48. The topological polar surface area (TPSA) is 66.5 Å². The highest BCUT2D eigenvalue weighted by atomic mass is 32.2. The van der Waals surface area contributed by atoms with Crippen LogP contribution >= 0.6 is 0 Å². The van der Waals surface area contributed by atoms with Crippen molar-refractivity contribution in [3.8, 4) is 0 Å². The number of halogens is 2. The number of benzene rings is 2. The summed E-state index contributed by atoms with van der Waals surface area (Å²) in [6, 6.07) is 14.6. The molecule has 3 rings (SSSR count). The smallest absolute Gasteiger partial charge is 0.341 e. The number of anilines is 1. The second kappa shape index (κ2) is 8.04. The summed E-state index contributed by atoms with van der Waals surface area (Å²) in [7, 11) is -4.67. The first-order chi connectivity index (χ1) is 12.9. The molecule has 0 bridgehead atoms. The lowest BCUT2D eigenvalue weighted by Crippen LogP contribution is -2.45. The van der Waals surface area contributed by atoms with E-state index in [1.807, 2.05) is 6.07 Å². The largest absolute Gasteiger partial charge is 0.370 e. The van der Waals surface area contributed by atoms with Crippen LogP contribution in [0.15, 0.2) is 59.5 Å². The predicted molar refractivity (Wildman–Crippen MR) is 98.8 cm³/mol. The fourth-order valence-electron chi connectivity index (χ4n) is 3.18. The molecule has 0 saturated carbocycles. The minimum atomic E-state index is -4.67. The number of carbonyl (C=O) groups excluding carboxylic acids is 1. The average molecular weight is 394 g/mol. The van der Waals surface area contributed by atoms with Crippen LogP contribution in [-0.2, 0) is 9.84 Å². The molecule has 8 heteroatoms. The van der Waals surface area contributed by atoms with Gasteiger partial charge in [0.1, 0.15) is 0 Å². The van der Waals surface area contributed by atoms with E-state index >= 15 is 0 Å². The summed E-state index contributed by atoms with van der Waals surface area (Å²) in [5.74, 6) is -3.61. The van der Waals surface area contributed by atoms with Crippen LogP contribution in [0.4, 0.5) is 14.5 Å². The molecule has 0 aliphatic carbocycles. The Morgan fingerprint density at radius 2 is 1.59 bits per heavy atom. The molecule has 1 heterocycles. The Labute approximate surface area is 156 Å². The lowest BCUT2D eigenvalue weighted by molar-refractivity contribution is 0.0931. The van der Waals surface area contributed by atoms with Gasteiger partial charge in [-0.25, -0.2) is 8.42 Å². The van der Waals surface area contributed by atoms with E-state index in [0.29, 0.717) is 31.5 Å². The molecule has 0 aromatic heterocycles. The van der Waals surface area contributed by atoms with Gasteiger partial charge >= 0.3 is 5.76 Å². The first kappa shape index (κ1) is 19.3. The van der Waals surface area contributed by atoms with Crippen LogP contribution in [0.2, 0.25) is 0 Å². The fraction of sp³-hybridized carbons (Fsp3) is 0.316. The molecule has 1 aliphatic heterocycles. The summed E-state index contributed by atoms with van der Waals surface area (Å²) in [6.07, 6.45) is 1.20. The van der Waals surface area contributed by atoms with Crippen molar-refractivity contribution in [2.24, 2.45) is 0 Å². The number of sulfone groups is 1. The third kappa shape index (κ3) is 4.27. The Morgan fingerprint density at radius 1 is 1.00 bits per heavy atom. The zero-order chi connectivity index (χ0) is 19.4. The van der Waals surface area contributed by atoms with Gasteiger partial charge in [-0.3, -0.25) is 4.79 Å². The molecule has 0 unspecified atom stereocenters. The Balaban J connectivity index is 1.68. The Morgan fingerprint density at radius 3 is 2.22 bits per heavy atom. The molecule has 1 aliphatic rings. The molecular formula is C19H20F2N2O3S. The molecule has 1 N–H and O–H groups in total. The van der Waals surface area contributed by atoms with Crippen LogP contribution in [0, 0.1) is 0 Å². The highest BCUT2D eigenvalue weighted by Crippen LogP contribution is 2.30. The molecule has 27 heavy (non-hydrogen) atoms. The van der Waals surface area contributed by atoms with Gasteiger partial charge in [0.15, 0.2) is 0 Å². The summed E-state index contributed by atoms with van der Waals surface area (Å²) in [6.45, 7) is 0.936. The molecule has 1 fully saturated rings. The molecular weight excluding hydrogens is 374 g/mol. The maximum Gasteiger partial charge on any atom is 0.341 e. The van der Waals surface area contributed by atoms with Gasteiger partial charge in [0.2, 0.25) is 9.84 Å². The first-order valence-corrected chi connectivity index (χ1v) is 10.2. The van der Waals surface area contributed by atoms with Crippen LogP contribution in [0.1, 0.15) is 23.2 Å². The molecule has 1 saturated heterocycles. The van der Waals surface area contributed by atoms with E-state index in [-0.39, 0.29) is 22.5 Å². The van der Waals surface area contributed by atoms with E-state index in [9.17, 15) is 22.0 Å². The van der Waals surface area contributed by atoms with Gasteiger partial charge in [-0.1, -0.05) is 30.3 Å². The number of alkyl halides is 2. The molecule has 1 amide bonds. The van der Waals surface area contributed by atoms with E-state index in [4.69, 9.17) is 0 Å². The van der Waals surface area contributed by atoms with E-state index < -0.39 is 15.6 Å². The number of rotatable bonds is 5. The normalized spacial score (nSPS) is 15.7. The van der Waals surface area contributed by atoms with Crippen LogP contribution < -0.4 is 10.2 Å². The SMILES string of the molecule is O=C(NC1CCN(c2ccccc2S(=O)(=O)C(F)F)CC1)c1ccccc1. The van der Waals surface area contributed by atoms with Crippen molar-refractivity contribution in [1.82, 2.24) is 5.32 Å². The van der Waals surface area contributed by atoms with Crippen molar-refractivity contribution in [2.75, 3.05) is 18.0 Å². The number of para-hydroxylation sites is 1. The number of nitrogens with zero attached hydrogens (tertiary/aromatic N) is 1. The number of amides is 1. The van der Waals surface area contributed by atoms with E-state index in [1.54, 1.807) is 35.2 Å². The van der Waals surface area contributed by atoms with Gasteiger partial charge in [-0.05, 0) is 37.1 Å². The third-order valence-electron chi connectivity index (χ3n) is 4.61. The zero-order valence-electron chi connectivity index (χ0n) is 14.5. The lowest BCUT2D eigenvalue weighted by atomic mass is 10.0. The fourth-order valence-corrected chi connectivity index (χ4v) is 4.13. The molecule has 2 aromatic carbocycles. The predicted octanol–water partition coefficient (Wildman–Crippen LogP) is 3.08. The summed E-state index contributed by atoms with van der Waals surface area (Å²) in [4.78, 5) is 13.7. The average Bonchev–Trinajstić information content (AvgIpc) is 2.69. The van der Waals surface area contributed by atoms with E-state index in [0.717, 1.165) is 0 Å². The van der Waals surface area contributed by atoms with Crippen LogP contribution in [0.3, 0.4) is 0 Å². The van der Waals surface area contributed by atoms with Crippen LogP contribution in [0.25, 0.3) is 0 Å². The van der Waals surface area contributed by atoms with Crippen molar-refractivity contribution in [3.05, 3.63) is 60.2 Å². The standard InChI is InChI=1S/C19H20F2N2O3S/c20-19(21)27(25,26)17-9-5-4-8-16(17)23-12-10-15(11-13-23)22-18(24)14-6-2-1-3-7-14/h1-9,15,19H,10-13H2,(H,22,24). The van der Waals surface area contributed by atoms with Gasteiger partial charge in [-0.15, -0.1) is 0 Å². The van der Waals surface area contributed by atoms with Crippen molar-refractivity contribution in [1.29, 1.82) is 0 Å². The van der Waals surface area contributed by atoms with Gasteiger partial charge in [0.25, 0.3) is 5.91 Å². The Bertz CT molecular complexity index is 896. The van der Waals surface area contributed by atoms with Crippen LogP contribution in [-0.4, -0.2) is 39.2 Å². The molecule has 0 spiro atoms. The minimum absolute atomic E-state index is 0.0483. The van der Waals surface area contributed by atoms with Gasteiger partial charge in [0.05, 0.1) is 10.6 Å². The Kier molecular flexibility index (Phi) is 5.74. The number of carbonyl (C=O) groups is 1. The number of hydrogen-bond donors (Lipinski definition) is 1. The van der Waals surface area contributed by atoms with Gasteiger partial charge in [-0.2, -0.15) is 8.78 Å². The second-order valence-corrected chi connectivity index (χ2v) is 8.26. The number of piperidine rings is 1. The van der Waals surface area contributed by atoms with Gasteiger partial charge in [0, 0.05) is 24.7 Å². The summed E-state index contributed by atoms with van der Waals surface area (Å²) in [5.41, 5.74) is 0.860. The highest BCUT2D eigenvalue weighted by Gasteiger charge is 2.31.